The van der Waals surface area contributed by atoms with E-state index in [4.69, 9.17) is 5.11 Å². The minimum atomic E-state index is -3.60. The first-order chi connectivity index (χ1) is 9.88. The summed E-state index contributed by atoms with van der Waals surface area (Å²) in [6.07, 6.45) is 2.61. The first-order valence-electron chi connectivity index (χ1n) is 6.68. The lowest BCUT2D eigenvalue weighted by Gasteiger charge is -2.06. The Morgan fingerprint density at radius 3 is 2.62 bits per heavy atom. The Bertz CT molecular complexity index is 691. The Hall–Kier alpha value is -1.70. The number of hydrogen-bond acceptors (Lipinski definition) is 4. The zero-order valence-corrected chi connectivity index (χ0v) is 12.8. The van der Waals surface area contributed by atoms with Crippen LogP contribution >= 0.6 is 0 Å². The minimum absolute atomic E-state index is 0.105. The van der Waals surface area contributed by atoms with Gasteiger partial charge in [-0.15, -0.1) is 0 Å². The lowest BCUT2D eigenvalue weighted by atomic mass is 10.2. The van der Waals surface area contributed by atoms with Crippen LogP contribution in [0.3, 0.4) is 0 Å². The van der Waals surface area contributed by atoms with Crippen LogP contribution in [0.15, 0.2) is 41.6 Å². The van der Waals surface area contributed by atoms with Crippen molar-refractivity contribution >= 4 is 10.0 Å². The SMILES string of the molecule is Cc1ccc(-n2cc(S(=O)(=O)NCCC(C)O)cn2)cc1. The second kappa shape index (κ2) is 6.38. The molecule has 1 aromatic heterocycles. The summed E-state index contributed by atoms with van der Waals surface area (Å²) in [6.45, 7) is 3.79. The summed E-state index contributed by atoms with van der Waals surface area (Å²) in [4.78, 5) is 0.105. The number of aliphatic hydroxyl groups is 1. The summed E-state index contributed by atoms with van der Waals surface area (Å²) in [5.41, 5.74) is 1.92. The lowest BCUT2D eigenvalue weighted by molar-refractivity contribution is 0.186. The van der Waals surface area contributed by atoms with Gasteiger partial charge in [-0.1, -0.05) is 17.7 Å². The van der Waals surface area contributed by atoms with E-state index in [1.807, 2.05) is 31.2 Å². The molecule has 6 nitrogen and oxygen atoms in total. The summed E-state index contributed by atoms with van der Waals surface area (Å²) in [6, 6.07) is 7.62. The standard InChI is InChI=1S/C14H19N3O3S/c1-11-3-5-13(6-4-11)17-10-14(9-15-17)21(19,20)16-8-7-12(2)18/h3-6,9-10,12,16,18H,7-8H2,1-2H3. The maximum atomic E-state index is 12.1. The molecule has 0 saturated heterocycles. The van der Waals surface area contributed by atoms with Crippen molar-refractivity contribution in [2.45, 2.75) is 31.3 Å². The van der Waals surface area contributed by atoms with Crippen molar-refractivity contribution in [2.75, 3.05) is 6.54 Å². The first-order valence-corrected chi connectivity index (χ1v) is 8.16. The van der Waals surface area contributed by atoms with Crippen LogP contribution in [-0.4, -0.2) is 36.0 Å². The van der Waals surface area contributed by atoms with Gasteiger partial charge >= 0.3 is 0 Å². The number of aromatic nitrogens is 2. The maximum Gasteiger partial charge on any atom is 0.243 e. The third kappa shape index (κ3) is 4.13. The van der Waals surface area contributed by atoms with Gasteiger partial charge in [-0.25, -0.2) is 17.8 Å². The fourth-order valence-corrected chi connectivity index (χ4v) is 2.75. The predicted molar refractivity (Wildman–Crippen MR) is 79.8 cm³/mol. The van der Waals surface area contributed by atoms with Crippen molar-refractivity contribution in [3.8, 4) is 5.69 Å². The molecule has 2 rings (SSSR count). The third-order valence-electron chi connectivity index (χ3n) is 3.02. The Labute approximate surface area is 124 Å². The molecule has 0 spiro atoms. The van der Waals surface area contributed by atoms with Gasteiger partial charge < -0.3 is 5.11 Å². The van der Waals surface area contributed by atoms with E-state index in [0.29, 0.717) is 6.42 Å². The van der Waals surface area contributed by atoms with Crippen LogP contribution in [0, 0.1) is 6.92 Å². The largest absolute Gasteiger partial charge is 0.393 e. The van der Waals surface area contributed by atoms with Crippen molar-refractivity contribution in [3.63, 3.8) is 0 Å². The zero-order valence-electron chi connectivity index (χ0n) is 12.0. The quantitative estimate of drug-likeness (QED) is 0.840. The highest BCUT2D eigenvalue weighted by Gasteiger charge is 2.16. The minimum Gasteiger partial charge on any atom is -0.393 e. The molecule has 1 unspecified atom stereocenters. The van der Waals surface area contributed by atoms with E-state index in [1.165, 1.54) is 17.1 Å². The summed E-state index contributed by atoms with van der Waals surface area (Å²) < 4.78 is 28.1. The maximum absolute atomic E-state index is 12.1. The molecule has 0 aliphatic carbocycles. The van der Waals surface area contributed by atoms with Gasteiger partial charge in [0, 0.05) is 6.54 Å². The Balaban J connectivity index is 2.13. The summed E-state index contributed by atoms with van der Waals surface area (Å²) >= 11 is 0. The van der Waals surface area contributed by atoms with Crippen molar-refractivity contribution in [3.05, 3.63) is 42.2 Å². The van der Waals surface area contributed by atoms with Gasteiger partial charge in [-0.05, 0) is 32.4 Å². The number of aryl methyl sites for hydroxylation is 1. The number of aliphatic hydroxyl groups excluding tert-OH is 1. The molecule has 21 heavy (non-hydrogen) atoms. The lowest BCUT2D eigenvalue weighted by Crippen LogP contribution is -2.26. The first kappa shape index (κ1) is 15.7. The van der Waals surface area contributed by atoms with Crippen molar-refractivity contribution in [1.29, 1.82) is 0 Å². The molecule has 2 aromatic rings. The molecule has 1 aromatic carbocycles. The van der Waals surface area contributed by atoms with Gasteiger partial charge in [-0.3, -0.25) is 0 Å². The average Bonchev–Trinajstić information content (AvgIpc) is 2.89. The van der Waals surface area contributed by atoms with Gasteiger partial charge in [0.1, 0.15) is 4.90 Å². The predicted octanol–water partition coefficient (Wildman–Crippen LogP) is 1.23. The average molecular weight is 309 g/mol. The van der Waals surface area contributed by atoms with Crippen LogP contribution in [0.25, 0.3) is 5.69 Å². The number of hydrogen-bond donors (Lipinski definition) is 2. The van der Waals surface area contributed by atoms with Gasteiger partial charge in [0.2, 0.25) is 10.0 Å². The van der Waals surface area contributed by atoms with Crippen molar-refractivity contribution in [1.82, 2.24) is 14.5 Å². The van der Waals surface area contributed by atoms with Crippen LogP contribution in [-0.2, 0) is 10.0 Å². The van der Waals surface area contributed by atoms with Crippen LogP contribution in [0.5, 0.6) is 0 Å². The molecule has 1 atom stereocenters. The summed E-state index contributed by atoms with van der Waals surface area (Å²) in [7, 11) is -3.60. The van der Waals surface area contributed by atoms with Crippen molar-refractivity contribution < 1.29 is 13.5 Å². The van der Waals surface area contributed by atoms with E-state index in [9.17, 15) is 8.42 Å². The Morgan fingerprint density at radius 1 is 1.33 bits per heavy atom. The van der Waals surface area contributed by atoms with Gasteiger partial charge in [0.25, 0.3) is 0 Å². The number of sulfonamides is 1. The second-order valence-electron chi connectivity index (χ2n) is 4.99. The Morgan fingerprint density at radius 2 is 2.00 bits per heavy atom. The highest BCUT2D eigenvalue weighted by atomic mass is 32.2. The van der Waals surface area contributed by atoms with E-state index in [2.05, 4.69) is 9.82 Å². The number of nitrogens with one attached hydrogen (secondary N) is 1. The molecule has 0 amide bonds. The fourth-order valence-electron chi connectivity index (χ4n) is 1.77. The molecule has 0 radical (unpaired) electrons. The highest BCUT2D eigenvalue weighted by molar-refractivity contribution is 7.89. The molecule has 0 aliphatic heterocycles. The van der Waals surface area contributed by atoms with E-state index >= 15 is 0 Å². The monoisotopic (exact) mass is 309 g/mol. The van der Waals surface area contributed by atoms with Crippen molar-refractivity contribution in [2.24, 2.45) is 0 Å². The van der Waals surface area contributed by atoms with E-state index in [0.717, 1.165) is 11.3 Å². The normalized spacial score (nSPS) is 13.3. The molecular formula is C14H19N3O3S. The van der Waals surface area contributed by atoms with E-state index < -0.39 is 16.1 Å². The molecule has 0 saturated carbocycles. The number of rotatable bonds is 6. The van der Waals surface area contributed by atoms with E-state index in [-0.39, 0.29) is 11.4 Å². The van der Waals surface area contributed by atoms with Gasteiger partial charge in [-0.2, -0.15) is 5.10 Å². The Kier molecular flexibility index (Phi) is 4.76. The van der Waals surface area contributed by atoms with Gasteiger partial charge in [0.15, 0.2) is 0 Å². The van der Waals surface area contributed by atoms with Gasteiger partial charge in [0.05, 0.1) is 24.2 Å². The molecule has 1 heterocycles. The zero-order chi connectivity index (χ0) is 15.5. The molecule has 0 aliphatic rings. The topological polar surface area (TPSA) is 84.2 Å². The summed E-state index contributed by atoms with van der Waals surface area (Å²) in [5, 5.41) is 13.2. The summed E-state index contributed by atoms with van der Waals surface area (Å²) in [5.74, 6) is 0. The molecule has 0 fully saturated rings. The third-order valence-corrected chi connectivity index (χ3v) is 4.44. The van der Waals surface area contributed by atoms with E-state index in [1.54, 1.807) is 6.92 Å². The van der Waals surface area contributed by atoms with Crippen LogP contribution in [0.4, 0.5) is 0 Å². The molecule has 7 heteroatoms. The smallest absolute Gasteiger partial charge is 0.243 e. The van der Waals surface area contributed by atoms with Crippen LogP contribution in [0.1, 0.15) is 18.9 Å². The number of benzene rings is 1. The molecular weight excluding hydrogens is 290 g/mol. The van der Waals surface area contributed by atoms with Crippen LogP contribution in [0.2, 0.25) is 0 Å². The fraction of sp³-hybridized carbons (Fsp3) is 0.357. The second-order valence-corrected chi connectivity index (χ2v) is 6.76. The molecule has 114 valence electrons. The highest BCUT2D eigenvalue weighted by Crippen LogP contribution is 2.13. The molecule has 2 N–H and O–H groups in total. The molecule has 0 bridgehead atoms. The van der Waals surface area contributed by atoms with Crippen LogP contribution < -0.4 is 4.72 Å². The number of nitrogens with zero attached hydrogens (tertiary/aromatic N) is 2.